The van der Waals surface area contributed by atoms with Crippen molar-refractivity contribution < 1.29 is 23.5 Å². The molecule has 0 saturated carbocycles. The van der Waals surface area contributed by atoms with E-state index < -0.39 is 6.10 Å². The van der Waals surface area contributed by atoms with Gasteiger partial charge >= 0.3 is 0 Å². The fourth-order valence-corrected chi connectivity index (χ4v) is 3.13. The van der Waals surface area contributed by atoms with E-state index in [2.05, 4.69) is 15.5 Å². The van der Waals surface area contributed by atoms with E-state index in [0.29, 0.717) is 59.3 Å². The van der Waals surface area contributed by atoms with Crippen molar-refractivity contribution in [2.24, 2.45) is 0 Å². The molecule has 2 N–H and O–H groups in total. The van der Waals surface area contributed by atoms with E-state index in [1.807, 2.05) is 36.4 Å². The van der Waals surface area contributed by atoms with E-state index in [9.17, 15) is 5.11 Å². The van der Waals surface area contributed by atoms with E-state index >= 15 is 0 Å². The van der Waals surface area contributed by atoms with Crippen molar-refractivity contribution in [2.75, 3.05) is 26.3 Å². The van der Waals surface area contributed by atoms with Crippen LogP contribution in [0, 0.1) is 6.92 Å². The zero-order chi connectivity index (χ0) is 21.6. The summed E-state index contributed by atoms with van der Waals surface area (Å²) in [6.45, 7) is 3.27. The number of halogens is 1. The zero-order valence-electron chi connectivity index (χ0n) is 16.9. The Labute approximate surface area is 183 Å². The Balaban J connectivity index is 1.20. The molecule has 0 radical (unpaired) electrons. The molecule has 4 aromatic rings. The van der Waals surface area contributed by atoms with Crippen LogP contribution < -0.4 is 14.8 Å². The molecule has 0 unspecified atom stereocenters. The SMILES string of the molecule is Cc1nc(-c2cc3cc(OCCNC[C@H](O)COc4ccccc4Cl)ccc3o2)no1. The van der Waals surface area contributed by atoms with E-state index in [4.69, 9.17) is 30.0 Å². The molecule has 0 bridgehead atoms. The molecule has 9 heteroatoms. The van der Waals surface area contributed by atoms with Crippen LogP contribution in [0.25, 0.3) is 22.6 Å². The van der Waals surface area contributed by atoms with Gasteiger partial charge in [-0.05, 0) is 36.4 Å². The first-order chi connectivity index (χ1) is 15.1. The van der Waals surface area contributed by atoms with Crippen LogP contribution in [0.5, 0.6) is 11.5 Å². The van der Waals surface area contributed by atoms with Gasteiger partial charge in [-0.3, -0.25) is 0 Å². The summed E-state index contributed by atoms with van der Waals surface area (Å²) in [5, 5.41) is 18.4. The second kappa shape index (κ2) is 9.82. The van der Waals surface area contributed by atoms with Crippen molar-refractivity contribution in [3.8, 4) is 23.1 Å². The first kappa shape index (κ1) is 21.2. The number of fused-ring (bicyclic) bond motifs is 1. The smallest absolute Gasteiger partial charge is 0.238 e. The summed E-state index contributed by atoms with van der Waals surface area (Å²) in [4.78, 5) is 4.17. The largest absolute Gasteiger partial charge is 0.492 e. The molecule has 0 aliphatic rings. The average molecular weight is 444 g/mol. The average Bonchev–Trinajstić information content (AvgIpc) is 3.38. The highest BCUT2D eigenvalue weighted by Gasteiger charge is 2.12. The number of aliphatic hydroxyl groups is 1. The van der Waals surface area contributed by atoms with Crippen LogP contribution in [-0.4, -0.2) is 47.7 Å². The molecule has 2 aromatic heterocycles. The maximum atomic E-state index is 10.0. The molecule has 0 amide bonds. The fourth-order valence-electron chi connectivity index (χ4n) is 2.94. The molecule has 2 heterocycles. The molecular weight excluding hydrogens is 422 g/mol. The lowest BCUT2D eigenvalue weighted by Crippen LogP contribution is -2.33. The Morgan fingerprint density at radius 3 is 2.84 bits per heavy atom. The van der Waals surface area contributed by atoms with Crippen molar-refractivity contribution in [1.29, 1.82) is 0 Å². The number of aromatic nitrogens is 2. The minimum absolute atomic E-state index is 0.150. The fraction of sp³-hybridized carbons (Fsp3) is 0.273. The van der Waals surface area contributed by atoms with Gasteiger partial charge in [-0.25, -0.2) is 0 Å². The van der Waals surface area contributed by atoms with Crippen LogP contribution in [0.3, 0.4) is 0 Å². The molecule has 0 aliphatic carbocycles. The van der Waals surface area contributed by atoms with E-state index in [-0.39, 0.29) is 6.61 Å². The third-order valence-corrected chi connectivity index (χ3v) is 4.74. The molecule has 1 atom stereocenters. The van der Waals surface area contributed by atoms with Crippen molar-refractivity contribution in [1.82, 2.24) is 15.5 Å². The number of aliphatic hydroxyl groups excluding tert-OH is 1. The topological polar surface area (TPSA) is 103 Å². The molecule has 2 aromatic carbocycles. The Bertz CT molecular complexity index is 1140. The molecule has 31 heavy (non-hydrogen) atoms. The van der Waals surface area contributed by atoms with Crippen molar-refractivity contribution in [3.63, 3.8) is 0 Å². The number of hydrogen-bond acceptors (Lipinski definition) is 8. The van der Waals surface area contributed by atoms with E-state index in [0.717, 1.165) is 5.39 Å². The Morgan fingerprint density at radius 2 is 2.03 bits per heavy atom. The number of aryl methyl sites for hydroxylation is 1. The molecule has 0 aliphatic heterocycles. The summed E-state index contributed by atoms with van der Waals surface area (Å²) >= 11 is 6.03. The highest BCUT2D eigenvalue weighted by Crippen LogP contribution is 2.29. The van der Waals surface area contributed by atoms with Crippen molar-refractivity contribution in [3.05, 3.63) is 59.4 Å². The standard InChI is InChI=1S/C22H22ClN3O5/c1-14-25-22(26-31-14)21-11-15-10-17(6-7-19(15)30-21)28-9-8-24-12-16(27)13-29-20-5-3-2-4-18(20)23/h2-7,10-11,16,24,27H,8-9,12-13H2,1H3/t16-/m0/s1. The van der Waals surface area contributed by atoms with Gasteiger partial charge in [0.1, 0.15) is 36.4 Å². The van der Waals surface area contributed by atoms with Gasteiger partial charge < -0.3 is 28.8 Å². The van der Waals surface area contributed by atoms with Crippen molar-refractivity contribution in [2.45, 2.75) is 13.0 Å². The first-order valence-electron chi connectivity index (χ1n) is 9.81. The minimum Gasteiger partial charge on any atom is -0.492 e. The summed E-state index contributed by atoms with van der Waals surface area (Å²) in [6.07, 6.45) is -0.661. The molecule has 4 rings (SSSR count). The normalized spacial score (nSPS) is 12.2. The third-order valence-electron chi connectivity index (χ3n) is 4.43. The molecule has 8 nitrogen and oxygen atoms in total. The van der Waals surface area contributed by atoms with Crippen LogP contribution >= 0.6 is 11.6 Å². The van der Waals surface area contributed by atoms with Crippen LogP contribution in [0.2, 0.25) is 5.02 Å². The predicted octanol–water partition coefficient (Wildman–Crippen LogP) is 3.85. The van der Waals surface area contributed by atoms with Crippen LogP contribution in [0.15, 0.2) is 57.5 Å². The number of benzene rings is 2. The van der Waals surface area contributed by atoms with Crippen molar-refractivity contribution >= 4 is 22.6 Å². The Kier molecular flexibility index (Phi) is 6.71. The van der Waals surface area contributed by atoms with Crippen LogP contribution in [0.1, 0.15) is 5.89 Å². The van der Waals surface area contributed by atoms with Gasteiger partial charge in [0, 0.05) is 25.4 Å². The molecule has 162 valence electrons. The van der Waals surface area contributed by atoms with Gasteiger partial charge in [-0.15, -0.1) is 0 Å². The van der Waals surface area contributed by atoms with E-state index in [1.165, 1.54) is 0 Å². The quantitative estimate of drug-likeness (QED) is 0.356. The summed E-state index contributed by atoms with van der Waals surface area (Å²) < 4.78 is 22.0. The molecule has 0 spiro atoms. The first-order valence-corrected chi connectivity index (χ1v) is 10.2. The Hall–Kier alpha value is -3.07. The number of furan rings is 1. The highest BCUT2D eigenvalue weighted by molar-refractivity contribution is 6.32. The summed E-state index contributed by atoms with van der Waals surface area (Å²) in [7, 11) is 0. The van der Waals surface area contributed by atoms with Crippen LogP contribution in [-0.2, 0) is 0 Å². The number of rotatable bonds is 10. The Morgan fingerprint density at radius 1 is 1.16 bits per heavy atom. The number of nitrogens with zero attached hydrogens (tertiary/aromatic N) is 2. The van der Waals surface area contributed by atoms with Gasteiger partial charge in [-0.1, -0.05) is 28.9 Å². The summed E-state index contributed by atoms with van der Waals surface area (Å²) in [5.41, 5.74) is 0.713. The lowest BCUT2D eigenvalue weighted by molar-refractivity contribution is 0.105. The van der Waals surface area contributed by atoms with Gasteiger partial charge in [-0.2, -0.15) is 4.98 Å². The van der Waals surface area contributed by atoms with E-state index in [1.54, 1.807) is 19.1 Å². The zero-order valence-corrected chi connectivity index (χ0v) is 17.6. The monoisotopic (exact) mass is 443 g/mol. The predicted molar refractivity (Wildman–Crippen MR) is 116 cm³/mol. The molecule has 0 fully saturated rings. The van der Waals surface area contributed by atoms with Gasteiger partial charge in [0.05, 0.1) is 5.02 Å². The second-order valence-electron chi connectivity index (χ2n) is 6.90. The molecule has 0 saturated heterocycles. The van der Waals surface area contributed by atoms with Gasteiger partial charge in [0.25, 0.3) is 0 Å². The summed E-state index contributed by atoms with van der Waals surface area (Å²) in [6, 6.07) is 14.6. The number of para-hydroxylation sites is 1. The van der Waals surface area contributed by atoms with Gasteiger partial charge in [0.15, 0.2) is 5.76 Å². The third kappa shape index (κ3) is 5.55. The second-order valence-corrected chi connectivity index (χ2v) is 7.30. The summed E-state index contributed by atoms with van der Waals surface area (Å²) in [5.74, 6) is 2.70. The lowest BCUT2D eigenvalue weighted by Gasteiger charge is -2.14. The number of ether oxygens (including phenoxy) is 2. The number of hydrogen-bond donors (Lipinski definition) is 2. The lowest BCUT2D eigenvalue weighted by atomic mass is 10.2. The van der Waals surface area contributed by atoms with Crippen LogP contribution in [0.4, 0.5) is 0 Å². The highest BCUT2D eigenvalue weighted by atomic mass is 35.5. The minimum atomic E-state index is -0.661. The van der Waals surface area contributed by atoms with Gasteiger partial charge in [0.2, 0.25) is 11.7 Å². The maximum absolute atomic E-state index is 10.0. The molecular formula is C22H22ClN3O5. The number of nitrogens with one attached hydrogen (secondary N) is 1. The maximum Gasteiger partial charge on any atom is 0.238 e.